The van der Waals surface area contributed by atoms with Crippen LogP contribution < -0.4 is 11.1 Å². The lowest BCUT2D eigenvalue weighted by molar-refractivity contribution is -0.114. The van der Waals surface area contributed by atoms with Gasteiger partial charge in [-0.05, 0) is 24.6 Å². The first-order valence-electron chi connectivity index (χ1n) is 3.89. The Hall–Kier alpha value is -1.13. The van der Waals surface area contributed by atoms with Gasteiger partial charge in [0.25, 0.3) is 0 Å². The predicted molar refractivity (Wildman–Crippen MR) is 56.1 cm³/mol. The number of aryl methyl sites for hydroxylation is 1. The molecule has 78 valence electrons. The molecule has 0 saturated heterocycles. The highest BCUT2D eigenvalue weighted by Gasteiger charge is 2.04. The molecule has 14 heavy (non-hydrogen) atoms. The van der Waals surface area contributed by atoms with Crippen LogP contribution in [0.2, 0.25) is 0 Å². The number of nitrogens with two attached hydrogens (primary N) is 1. The van der Waals surface area contributed by atoms with Gasteiger partial charge < -0.3 is 11.1 Å². The average Bonchev–Trinajstić information content (AvgIpc) is 2.09. The van der Waals surface area contributed by atoms with E-state index in [0.717, 1.165) is 5.56 Å². The van der Waals surface area contributed by atoms with Gasteiger partial charge in [0.2, 0.25) is 5.91 Å². The molecule has 0 radical (unpaired) electrons. The fraction of sp³-hybridized carbons (Fsp3) is 0.222. The van der Waals surface area contributed by atoms with Gasteiger partial charge in [0.15, 0.2) is 0 Å². The van der Waals surface area contributed by atoms with E-state index in [1.165, 1.54) is 12.1 Å². The van der Waals surface area contributed by atoms with Crippen molar-refractivity contribution in [1.82, 2.24) is 0 Å². The van der Waals surface area contributed by atoms with E-state index < -0.39 is 11.7 Å². The Morgan fingerprint density at radius 2 is 2.21 bits per heavy atom. The number of carbonyl (C=O) groups excluding carboxylic acids is 1. The SMILES string of the molecule is Cc1ccc(NC(=O)CN)c(F)c1.Cl. The summed E-state index contributed by atoms with van der Waals surface area (Å²) in [5.41, 5.74) is 6.04. The van der Waals surface area contributed by atoms with Gasteiger partial charge >= 0.3 is 0 Å². The van der Waals surface area contributed by atoms with Crippen molar-refractivity contribution in [2.24, 2.45) is 5.73 Å². The molecule has 0 heterocycles. The number of rotatable bonds is 2. The molecule has 3 N–H and O–H groups in total. The maximum Gasteiger partial charge on any atom is 0.238 e. The minimum atomic E-state index is -0.443. The Labute approximate surface area is 87.9 Å². The Kier molecular flexibility index (Phi) is 5.12. The lowest BCUT2D eigenvalue weighted by Gasteiger charge is -2.04. The third-order valence-electron chi connectivity index (χ3n) is 1.58. The van der Waals surface area contributed by atoms with Crippen molar-refractivity contribution < 1.29 is 9.18 Å². The van der Waals surface area contributed by atoms with Gasteiger partial charge in [-0.1, -0.05) is 6.07 Å². The van der Waals surface area contributed by atoms with Crippen molar-refractivity contribution in [1.29, 1.82) is 0 Å². The minimum Gasteiger partial charge on any atom is -0.322 e. The Morgan fingerprint density at radius 3 is 2.71 bits per heavy atom. The van der Waals surface area contributed by atoms with Crippen LogP contribution in [0.5, 0.6) is 0 Å². The molecular formula is C9H12ClFN2O. The number of nitrogens with one attached hydrogen (secondary N) is 1. The molecule has 0 spiro atoms. The first-order chi connectivity index (χ1) is 6.13. The fourth-order valence-electron chi connectivity index (χ4n) is 0.923. The van der Waals surface area contributed by atoms with Crippen LogP contribution in [0.4, 0.5) is 10.1 Å². The van der Waals surface area contributed by atoms with Gasteiger partial charge in [0, 0.05) is 0 Å². The molecule has 0 aliphatic rings. The maximum absolute atomic E-state index is 13.1. The van der Waals surface area contributed by atoms with E-state index in [1.807, 2.05) is 0 Å². The molecule has 1 amide bonds. The second kappa shape index (κ2) is 5.57. The second-order valence-corrected chi connectivity index (χ2v) is 2.74. The van der Waals surface area contributed by atoms with Crippen LogP contribution in [0, 0.1) is 12.7 Å². The number of hydrogen-bond acceptors (Lipinski definition) is 2. The van der Waals surface area contributed by atoms with Crippen LogP contribution in [-0.2, 0) is 4.79 Å². The third-order valence-corrected chi connectivity index (χ3v) is 1.58. The standard InChI is InChI=1S/C9H11FN2O.ClH/c1-6-2-3-8(7(10)4-6)12-9(13)5-11;/h2-4H,5,11H2,1H3,(H,12,13);1H. The van der Waals surface area contributed by atoms with Crippen LogP contribution in [0.25, 0.3) is 0 Å². The van der Waals surface area contributed by atoms with Crippen LogP contribution in [0.15, 0.2) is 18.2 Å². The molecule has 0 bridgehead atoms. The van der Waals surface area contributed by atoms with E-state index in [1.54, 1.807) is 13.0 Å². The molecule has 1 rings (SSSR count). The van der Waals surface area contributed by atoms with Crippen molar-refractivity contribution in [3.63, 3.8) is 0 Å². The van der Waals surface area contributed by atoms with Gasteiger partial charge in [-0.3, -0.25) is 4.79 Å². The first-order valence-corrected chi connectivity index (χ1v) is 3.89. The summed E-state index contributed by atoms with van der Waals surface area (Å²) >= 11 is 0. The summed E-state index contributed by atoms with van der Waals surface area (Å²) in [7, 11) is 0. The quantitative estimate of drug-likeness (QED) is 0.790. The molecule has 0 fully saturated rings. The normalized spacial score (nSPS) is 9.07. The summed E-state index contributed by atoms with van der Waals surface area (Å²) in [5.74, 6) is -0.843. The maximum atomic E-state index is 13.1. The molecule has 1 aromatic rings. The largest absolute Gasteiger partial charge is 0.322 e. The van der Waals surface area contributed by atoms with Crippen molar-refractivity contribution in [2.75, 3.05) is 11.9 Å². The lowest BCUT2D eigenvalue weighted by Crippen LogP contribution is -2.22. The molecule has 0 atom stereocenters. The van der Waals surface area contributed by atoms with Crippen molar-refractivity contribution in [3.8, 4) is 0 Å². The van der Waals surface area contributed by atoms with E-state index in [4.69, 9.17) is 5.73 Å². The number of halogens is 2. The number of hydrogen-bond donors (Lipinski definition) is 2. The molecule has 3 nitrogen and oxygen atoms in total. The van der Waals surface area contributed by atoms with Crippen LogP contribution >= 0.6 is 12.4 Å². The Balaban J connectivity index is 0.00000169. The number of anilines is 1. The molecule has 0 unspecified atom stereocenters. The Bertz CT molecular complexity index is 331. The third kappa shape index (κ3) is 3.32. The van der Waals surface area contributed by atoms with Gasteiger partial charge in [-0.2, -0.15) is 0 Å². The summed E-state index contributed by atoms with van der Waals surface area (Å²) in [6, 6.07) is 4.58. The first kappa shape index (κ1) is 12.9. The zero-order valence-electron chi connectivity index (χ0n) is 7.71. The smallest absolute Gasteiger partial charge is 0.238 e. The van der Waals surface area contributed by atoms with Crippen LogP contribution in [-0.4, -0.2) is 12.5 Å². The highest BCUT2D eigenvalue weighted by molar-refractivity contribution is 5.92. The molecule has 0 aliphatic heterocycles. The van der Waals surface area contributed by atoms with Gasteiger partial charge in [-0.15, -0.1) is 12.4 Å². The predicted octanol–water partition coefficient (Wildman–Crippen LogP) is 1.45. The monoisotopic (exact) mass is 218 g/mol. The Morgan fingerprint density at radius 1 is 1.57 bits per heavy atom. The summed E-state index contributed by atoms with van der Waals surface area (Å²) in [6.45, 7) is 1.63. The van der Waals surface area contributed by atoms with Crippen molar-refractivity contribution >= 4 is 24.0 Å². The van der Waals surface area contributed by atoms with Crippen molar-refractivity contribution in [2.45, 2.75) is 6.92 Å². The minimum absolute atomic E-state index is 0. The molecule has 0 aliphatic carbocycles. The van der Waals surface area contributed by atoms with E-state index in [2.05, 4.69) is 5.32 Å². The van der Waals surface area contributed by atoms with Crippen LogP contribution in [0.3, 0.4) is 0 Å². The second-order valence-electron chi connectivity index (χ2n) is 2.74. The zero-order chi connectivity index (χ0) is 9.84. The molecule has 0 aromatic heterocycles. The topological polar surface area (TPSA) is 55.1 Å². The van der Waals surface area contributed by atoms with Crippen molar-refractivity contribution in [3.05, 3.63) is 29.6 Å². The van der Waals surface area contributed by atoms with Gasteiger partial charge in [0.05, 0.1) is 12.2 Å². The lowest BCUT2D eigenvalue weighted by atomic mass is 10.2. The molecule has 0 saturated carbocycles. The molecule has 1 aromatic carbocycles. The number of benzene rings is 1. The summed E-state index contributed by atoms with van der Waals surface area (Å²) in [4.78, 5) is 10.8. The fourth-order valence-corrected chi connectivity index (χ4v) is 0.923. The number of carbonyl (C=O) groups is 1. The van der Waals surface area contributed by atoms with Gasteiger partial charge in [-0.25, -0.2) is 4.39 Å². The van der Waals surface area contributed by atoms with E-state index >= 15 is 0 Å². The van der Waals surface area contributed by atoms with Gasteiger partial charge in [0.1, 0.15) is 5.82 Å². The number of amides is 1. The van der Waals surface area contributed by atoms with E-state index in [9.17, 15) is 9.18 Å². The van der Waals surface area contributed by atoms with Crippen LogP contribution in [0.1, 0.15) is 5.56 Å². The van der Waals surface area contributed by atoms with E-state index in [0.29, 0.717) is 0 Å². The summed E-state index contributed by atoms with van der Waals surface area (Å²) in [5, 5.41) is 2.35. The average molecular weight is 219 g/mol. The van der Waals surface area contributed by atoms with E-state index in [-0.39, 0.29) is 24.6 Å². The zero-order valence-corrected chi connectivity index (χ0v) is 8.53. The molecular weight excluding hydrogens is 207 g/mol. The highest BCUT2D eigenvalue weighted by Crippen LogP contribution is 2.14. The summed E-state index contributed by atoms with van der Waals surface area (Å²) in [6.07, 6.45) is 0. The summed E-state index contributed by atoms with van der Waals surface area (Å²) < 4.78 is 13.1. The molecule has 5 heteroatoms. The highest BCUT2D eigenvalue weighted by atomic mass is 35.5.